The van der Waals surface area contributed by atoms with Gasteiger partial charge < -0.3 is 14.6 Å². The molecule has 0 saturated carbocycles. The first-order valence-electron chi connectivity index (χ1n) is 11.7. The standard InChI is InChI=1S/C25H32N6O3Si/c1-16(2)27-25(33)19-13-31(15-34-9-10-35(4,5)6)24-23(19)28-20(12-26-24)22-18-11-17(14-32)7-8-21(18)30(3)29-22/h7-8,11-14,16H,9-10,15H2,1-6H3,(H,27,33). The van der Waals surface area contributed by atoms with Gasteiger partial charge in [0.2, 0.25) is 0 Å². The Hall–Kier alpha value is -3.37. The number of ether oxygens (including phenoxy) is 1. The third-order valence-electron chi connectivity index (χ3n) is 5.71. The molecule has 3 aromatic heterocycles. The number of nitrogens with zero attached hydrogens (tertiary/aromatic N) is 5. The van der Waals surface area contributed by atoms with E-state index in [0.29, 0.717) is 47.0 Å². The average molecular weight is 493 g/mol. The van der Waals surface area contributed by atoms with Gasteiger partial charge >= 0.3 is 0 Å². The van der Waals surface area contributed by atoms with Crippen LogP contribution >= 0.6 is 0 Å². The van der Waals surface area contributed by atoms with Crippen LogP contribution in [-0.2, 0) is 18.5 Å². The summed E-state index contributed by atoms with van der Waals surface area (Å²) in [7, 11) is 0.632. The van der Waals surface area contributed by atoms with Gasteiger partial charge in [-0.05, 0) is 38.1 Å². The largest absolute Gasteiger partial charge is 0.361 e. The second-order valence-corrected chi connectivity index (χ2v) is 15.9. The lowest BCUT2D eigenvalue weighted by Crippen LogP contribution is -2.30. The first-order valence-corrected chi connectivity index (χ1v) is 15.4. The van der Waals surface area contributed by atoms with E-state index >= 15 is 0 Å². The van der Waals surface area contributed by atoms with Crippen LogP contribution in [0.15, 0.2) is 30.6 Å². The maximum atomic E-state index is 13.0. The topological polar surface area (TPSA) is 104 Å². The molecule has 10 heteroatoms. The van der Waals surface area contributed by atoms with E-state index in [2.05, 4.69) is 35.0 Å². The molecule has 184 valence electrons. The molecule has 0 radical (unpaired) electrons. The summed E-state index contributed by atoms with van der Waals surface area (Å²) in [4.78, 5) is 33.8. The fourth-order valence-corrected chi connectivity index (χ4v) is 4.61. The van der Waals surface area contributed by atoms with Crippen LogP contribution in [0.3, 0.4) is 0 Å². The minimum atomic E-state index is -1.21. The number of hydrogen-bond acceptors (Lipinski definition) is 6. The van der Waals surface area contributed by atoms with Gasteiger partial charge in [-0.3, -0.25) is 14.3 Å². The molecule has 3 heterocycles. The van der Waals surface area contributed by atoms with E-state index in [1.807, 2.05) is 31.5 Å². The van der Waals surface area contributed by atoms with Gasteiger partial charge in [0.25, 0.3) is 5.91 Å². The zero-order chi connectivity index (χ0) is 25.3. The zero-order valence-electron chi connectivity index (χ0n) is 21.1. The molecule has 0 aliphatic rings. The SMILES string of the molecule is CC(C)NC(=O)c1cn(COCC[Si](C)(C)C)c2ncc(-c3nn(C)c4ccc(C=O)cc34)nc12. The molecule has 9 nitrogen and oxygen atoms in total. The molecule has 0 saturated heterocycles. The van der Waals surface area contributed by atoms with Crippen molar-refractivity contribution in [3.63, 3.8) is 0 Å². The molecule has 0 bridgehead atoms. The number of aldehydes is 1. The lowest BCUT2D eigenvalue weighted by molar-refractivity contribution is 0.0890. The van der Waals surface area contributed by atoms with Crippen LogP contribution in [0, 0.1) is 0 Å². The molecule has 4 aromatic rings. The highest BCUT2D eigenvalue weighted by atomic mass is 28.3. The molecule has 0 atom stereocenters. The van der Waals surface area contributed by atoms with Crippen LogP contribution in [0.4, 0.5) is 0 Å². The zero-order valence-corrected chi connectivity index (χ0v) is 22.1. The van der Waals surface area contributed by atoms with Crippen LogP contribution in [-0.4, -0.2) is 57.2 Å². The van der Waals surface area contributed by atoms with E-state index in [1.165, 1.54) is 0 Å². The van der Waals surface area contributed by atoms with Crippen LogP contribution in [0.1, 0.15) is 34.6 Å². The van der Waals surface area contributed by atoms with Crippen LogP contribution in [0.5, 0.6) is 0 Å². The Labute approximate surface area is 205 Å². The predicted molar refractivity (Wildman–Crippen MR) is 139 cm³/mol. The van der Waals surface area contributed by atoms with E-state index in [0.717, 1.165) is 23.2 Å². The van der Waals surface area contributed by atoms with Crippen molar-refractivity contribution in [1.82, 2.24) is 29.6 Å². The predicted octanol–water partition coefficient (Wildman–Crippen LogP) is 4.25. The van der Waals surface area contributed by atoms with E-state index in [4.69, 9.17) is 9.72 Å². The molecule has 0 fully saturated rings. The molecule has 0 unspecified atom stereocenters. The monoisotopic (exact) mass is 492 g/mol. The van der Waals surface area contributed by atoms with Crippen LogP contribution < -0.4 is 5.32 Å². The number of carbonyl (C=O) groups excluding carboxylic acids is 2. The summed E-state index contributed by atoms with van der Waals surface area (Å²) in [5.74, 6) is -0.216. The van der Waals surface area contributed by atoms with Crippen LogP contribution in [0.25, 0.3) is 33.5 Å². The number of benzene rings is 1. The third-order valence-corrected chi connectivity index (χ3v) is 7.41. The van der Waals surface area contributed by atoms with Crippen molar-refractivity contribution in [2.24, 2.45) is 7.05 Å². The summed E-state index contributed by atoms with van der Waals surface area (Å²) < 4.78 is 9.50. The second kappa shape index (κ2) is 9.71. The van der Waals surface area contributed by atoms with Crippen molar-refractivity contribution in [1.29, 1.82) is 0 Å². The highest BCUT2D eigenvalue weighted by molar-refractivity contribution is 6.76. The summed E-state index contributed by atoms with van der Waals surface area (Å²) in [6.45, 7) is 11.7. The summed E-state index contributed by atoms with van der Waals surface area (Å²) in [5, 5.41) is 8.37. The number of nitrogens with one attached hydrogen (secondary N) is 1. The Balaban J connectivity index is 1.77. The minimum Gasteiger partial charge on any atom is -0.361 e. The van der Waals surface area contributed by atoms with Gasteiger partial charge in [0.05, 0.1) is 17.3 Å². The number of rotatable bonds is 9. The van der Waals surface area contributed by atoms with Gasteiger partial charge in [-0.15, -0.1) is 0 Å². The van der Waals surface area contributed by atoms with Gasteiger partial charge in [-0.25, -0.2) is 9.97 Å². The molecule has 0 aliphatic heterocycles. The Morgan fingerprint density at radius 1 is 1.26 bits per heavy atom. The van der Waals surface area contributed by atoms with Crippen molar-refractivity contribution in [2.75, 3.05) is 6.61 Å². The van der Waals surface area contributed by atoms with E-state index < -0.39 is 8.07 Å². The fraction of sp³-hybridized carbons (Fsp3) is 0.400. The number of fused-ring (bicyclic) bond motifs is 2. The highest BCUT2D eigenvalue weighted by Crippen LogP contribution is 2.29. The van der Waals surface area contributed by atoms with Crippen molar-refractivity contribution < 1.29 is 14.3 Å². The molecule has 1 aromatic carbocycles. The Morgan fingerprint density at radius 3 is 2.71 bits per heavy atom. The molecular weight excluding hydrogens is 460 g/mol. The van der Waals surface area contributed by atoms with E-state index in [-0.39, 0.29) is 11.9 Å². The van der Waals surface area contributed by atoms with Crippen molar-refractivity contribution in [2.45, 2.75) is 52.3 Å². The van der Waals surface area contributed by atoms with Gasteiger partial charge in [-0.1, -0.05) is 19.6 Å². The highest BCUT2D eigenvalue weighted by Gasteiger charge is 2.21. The van der Waals surface area contributed by atoms with Crippen LogP contribution in [0.2, 0.25) is 25.7 Å². The van der Waals surface area contributed by atoms with Gasteiger partial charge in [-0.2, -0.15) is 5.10 Å². The van der Waals surface area contributed by atoms with Crippen molar-refractivity contribution in [3.05, 3.63) is 41.7 Å². The summed E-state index contributed by atoms with van der Waals surface area (Å²) in [6, 6.07) is 6.44. The fourth-order valence-electron chi connectivity index (χ4n) is 3.86. The summed E-state index contributed by atoms with van der Waals surface area (Å²) >= 11 is 0. The number of aryl methyl sites for hydroxylation is 1. The molecule has 0 spiro atoms. The first kappa shape index (κ1) is 24.7. The second-order valence-electron chi connectivity index (χ2n) is 10.3. The first-order chi connectivity index (χ1) is 16.6. The minimum absolute atomic E-state index is 0.0217. The smallest absolute Gasteiger partial charge is 0.255 e. The van der Waals surface area contributed by atoms with E-state index in [1.54, 1.807) is 29.2 Å². The Kier molecular flexibility index (Phi) is 6.86. The average Bonchev–Trinajstić information content (AvgIpc) is 3.32. The maximum absolute atomic E-state index is 13.0. The molecule has 4 rings (SSSR count). The summed E-state index contributed by atoms with van der Waals surface area (Å²) in [6.07, 6.45) is 4.21. The summed E-state index contributed by atoms with van der Waals surface area (Å²) in [5.41, 5.74) is 4.06. The van der Waals surface area contributed by atoms with Gasteiger partial charge in [0.1, 0.15) is 29.9 Å². The van der Waals surface area contributed by atoms with Crippen molar-refractivity contribution >= 4 is 42.3 Å². The van der Waals surface area contributed by atoms with E-state index in [9.17, 15) is 9.59 Å². The maximum Gasteiger partial charge on any atom is 0.255 e. The Bertz CT molecular complexity index is 1400. The quantitative estimate of drug-likeness (QED) is 0.213. The molecule has 1 N–H and O–H groups in total. The van der Waals surface area contributed by atoms with Gasteiger partial charge in [0.15, 0.2) is 5.65 Å². The Morgan fingerprint density at radius 2 is 2.03 bits per heavy atom. The molecular formula is C25H32N6O3Si. The third kappa shape index (κ3) is 5.33. The number of aromatic nitrogens is 5. The number of amides is 1. The molecule has 0 aliphatic carbocycles. The van der Waals surface area contributed by atoms with Crippen molar-refractivity contribution in [3.8, 4) is 11.4 Å². The normalized spacial score (nSPS) is 12.1. The molecule has 35 heavy (non-hydrogen) atoms. The molecule has 1 amide bonds. The van der Waals surface area contributed by atoms with Gasteiger partial charge in [0, 0.05) is 44.9 Å². The number of hydrogen-bond donors (Lipinski definition) is 1. The lowest BCUT2D eigenvalue weighted by Gasteiger charge is -2.15. The number of carbonyl (C=O) groups is 2. The lowest BCUT2D eigenvalue weighted by atomic mass is 10.1.